The lowest BCUT2D eigenvalue weighted by molar-refractivity contribution is 0.417. The van der Waals surface area contributed by atoms with Crippen LogP contribution in [0, 0.1) is 0 Å². The fourth-order valence-corrected chi connectivity index (χ4v) is 1.56. The van der Waals surface area contributed by atoms with Crippen molar-refractivity contribution in [1.82, 2.24) is 25.7 Å². The van der Waals surface area contributed by atoms with Crippen LogP contribution in [0.1, 0.15) is 38.2 Å². The van der Waals surface area contributed by atoms with Crippen LogP contribution in [0.15, 0.2) is 10.6 Å². The molecule has 1 unspecified atom stereocenters. The average Bonchev–Trinajstić information content (AvgIpc) is 2.96. The van der Waals surface area contributed by atoms with Crippen molar-refractivity contribution < 1.29 is 4.52 Å². The van der Waals surface area contributed by atoms with E-state index >= 15 is 0 Å². The molecule has 0 aliphatic heterocycles. The molecule has 2 aromatic heterocycles. The van der Waals surface area contributed by atoms with E-state index in [1.165, 1.54) is 0 Å². The molecular formula is C12H19N5O. The number of H-pyrrole nitrogens is 1. The first-order chi connectivity index (χ1) is 8.60. The molecule has 2 heterocycles. The number of nitrogens with one attached hydrogen (secondary N) is 2. The fourth-order valence-electron chi connectivity index (χ4n) is 1.56. The maximum Gasteiger partial charge on any atom is 0.278 e. The predicted octanol–water partition coefficient (Wildman–Crippen LogP) is 1.73. The van der Waals surface area contributed by atoms with Crippen molar-refractivity contribution in [3.63, 3.8) is 0 Å². The standard InChI is InChI=1S/C12H19N5O/c1-7(2)9-6-10(16-15-9)12-14-11(17-18-12)5-8(3)13-4/h6-8,13H,5H2,1-4H3,(H,15,16). The third-order valence-corrected chi connectivity index (χ3v) is 2.89. The molecule has 98 valence electrons. The Morgan fingerprint density at radius 1 is 1.39 bits per heavy atom. The Hall–Kier alpha value is -1.69. The number of nitrogens with zero attached hydrogens (tertiary/aromatic N) is 3. The minimum atomic E-state index is 0.320. The molecule has 2 N–H and O–H groups in total. The van der Waals surface area contributed by atoms with Crippen LogP contribution < -0.4 is 5.32 Å². The first kappa shape index (κ1) is 12.8. The summed E-state index contributed by atoms with van der Waals surface area (Å²) in [4.78, 5) is 4.34. The number of rotatable bonds is 5. The van der Waals surface area contributed by atoms with Gasteiger partial charge in [0, 0.05) is 18.2 Å². The summed E-state index contributed by atoms with van der Waals surface area (Å²) >= 11 is 0. The van der Waals surface area contributed by atoms with Crippen molar-refractivity contribution in [2.24, 2.45) is 0 Å². The predicted molar refractivity (Wildman–Crippen MR) is 68.2 cm³/mol. The lowest BCUT2D eigenvalue weighted by atomic mass is 10.1. The van der Waals surface area contributed by atoms with Crippen LogP contribution >= 0.6 is 0 Å². The van der Waals surface area contributed by atoms with Gasteiger partial charge in [-0.15, -0.1) is 0 Å². The van der Waals surface area contributed by atoms with Crippen molar-refractivity contribution in [2.75, 3.05) is 7.05 Å². The van der Waals surface area contributed by atoms with Crippen LogP contribution in [0.25, 0.3) is 11.6 Å². The molecule has 18 heavy (non-hydrogen) atoms. The minimum absolute atomic E-state index is 0.320. The summed E-state index contributed by atoms with van der Waals surface area (Å²) in [5.74, 6) is 1.57. The van der Waals surface area contributed by atoms with E-state index in [9.17, 15) is 0 Å². The van der Waals surface area contributed by atoms with E-state index in [2.05, 4.69) is 46.4 Å². The van der Waals surface area contributed by atoms with Gasteiger partial charge in [0.15, 0.2) is 11.5 Å². The summed E-state index contributed by atoms with van der Waals surface area (Å²) in [7, 11) is 1.91. The quantitative estimate of drug-likeness (QED) is 0.843. The normalized spacial score (nSPS) is 13.2. The maximum atomic E-state index is 5.22. The van der Waals surface area contributed by atoms with Gasteiger partial charge in [0.05, 0.1) is 0 Å². The molecule has 1 atom stereocenters. The van der Waals surface area contributed by atoms with Crippen LogP contribution in [0.4, 0.5) is 0 Å². The zero-order valence-electron chi connectivity index (χ0n) is 11.2. The Morgan fingerprint density at radius 2 is 2.17 bits per heavy atom. The van der Waals surface area contributed by atoms with Crippen molar-refractivity contribution in [3.8, 4) is 11.6 Å². The Morgan fingerprint density at radius 3 is 2.78 bits per heavy atom. The third kappa shape index (κ3) is 2.76. The molecule has 6 nitrogen and oxygen atoms in total. The van der Waals surface area contributed by atoms with Crippen LogP contribution in [-0.4, -0.2) is 33.4 Å². The van der Waals surface area contributed by atoms with Gasteiger partial charge in [0.2, 0.25) is 0 Å². The molecule has 2 aromatic rings. The minimum Gasteiger partial charge on any atom is -0.332 e. The molecule has 2 rings (SSSR count). The van der Waals surface area contributed by atoms with Crippen LogP contribution in [0.5, 0.6) is 0 Å². The highest BCUT2D eigenvalue weighted by Gasteiger charge is 2.14. The van der Waals surface area contributed by atoms with E-state index < -0.39 is 0 Å². The van der Waals surface area contributed by atoms with E-state index in [0.717, 1.165) is 12.1 Å². The summed E-state index contributed by atoms with van der Waals surface area (Å²) in [5.41, 5.74) is 1.77. The van der Waals surface area contributed by atoms with Gasteiger partial charge in [-0.3, -0.25) is 5.10 Å². The fraction of sp³-hybridized carbons (Fsp3) is 0.583. The zero-order chi connectivity index (χ0) is 13.1. The molecule has 0 spiro atoms. The summed E-state index contributed by atoms with van der Waals surface area (Å²) in [6.45, 7) is 6.28. The number of aromatic nitrogens is 4. The summed E-state index contributed by atoms with van der Waals surface area (Å²) < 4.78 is 5.22. The van der Waals surface area contributed by atoms with E-state index in [1.807, 2.05) is 13.1 Å². The Bertz CT molecular complexity index is 502. The maximum absolute atomic E-state index is 5.22. The summed E-state index contributed by atoms with van der Waals surface area (Å²) in [5, 5.41) is 14.3. The van der Waals surface area contributed by atoms with E-state index in [-0.39, 0.29) is 0 Å². The van der Waals surface area contributed by atoms with E-state index in [0.29, 0.717) is 29.4 Å². The highest BCUT2D eigenvalue weighted by atomic mass is 16.5. The number of aromatic amines is 1. The van der Waals surface area contributed by atoms with Crippen molar-refractivity contribution in [1.29, 1.82) is 0 Å². The van der Waals surface area contributed by atoms with Gasteiger partial charge in [0.25, 0.3) is 5.89 Å². The lowest BCUT2D eigenvalue weighted by Crippen LogP contribution is -2.24. The summed E-state index contributed by atoms with van der Waals surface area (Å²) in [6.07, 6.45) is 0.738. The SMILES string of the molecule is CNC(C)Cc1noc(-c2cc(C(C)C)[nH]n2)n1. The van der Waals surface area contributed by atoms with Gasteiger partial charge < -0.3 is 9.84 Å². The number of hydrogen-bond acceptors (Lipinski definition) is 5. The molecule has 0 bridgehead atoms. The smallest absolute Gasteiger partial charge is 0.278 e. The molecule has 0 aliphatic rings. The number of likely N-dealkylation sites (N-methyl/N-ethyl adjacent to an activating group) is 1. The van der Waals surface area contributed by atoms with Crippen molar-refractivity contribution >= 4 is 0 Å². The van der Waals surface area contributed by atoms with Crippen molar-refractivity contribution in [3.05, 3.63) is 17.6 Å². The lowest BCUT2D eigenvalue weighted by Gasteiger charge is -2.04. The van der Waals surface area contributed by atoms with Gasteiger partial charge >= 0.3 is 0 Å². The second-order valence-corrected chi connectivity index (χ2v) is 4.77. The van der Waals surface area contributed by atoms with Gasteiger partial charge in [0.1, 0.15) is 0 Å². The molecule has 0 saturated heterocycles. The highest BCUT2D eigenvalue weighted by molar-refractivity contribution is 5.46. The summed E-state index contributed by atoms with van der Waals surface area (Å²) in [6, 6.07) is 2.27. The second-order valence-electron chi connectivity index (χ2n) is 4.77. The third-order valence-electron chi connectivity index (χ3n) is 2.89. The molecule has 0 amide bonds. The molecule has 6 heteroatoms. The van der Waals surface area contributed by atoms with E-state index in [4.69, 9.17) is 4.52 Å². The van der Waals surface area contributed by atoms with Gasteiger partial charge in [-0.1, -0.05) is 19.0 Å². The van der Waals surface area contributed by atoms with Gasteiger partial charge in [-0.2, -0.15) is 10.1 Å². The second kappa shape index (κ2) is 5.30. The monoisotopic (exact) mass is 249 g/mol. The topological polar surface area (TPSA) is 79.6 Å². The van der Waals surface area contributed by atoms with Crippen LogP contribution in [0.2, 0.25) is 0 Å². The highest BCUT2D eigenvalue weighted by Crippen LogP contribution is 2.19. The molecule has 0 saturated carbocycles. The Kier molecular flexibility index (Phi) is 3.76. The molecule has 0 radical (unpaired) electrons. The molecular weight excluding hydrogens is 230 g/mol. The van der Waals surface area contributed by atoms with Crippen LogP contribution in [-0.2, 0) is 6.42 Å². The van der Waals surface area contributed by atoms with Gasteiger partial charge in [-0.05, 0) is 26.0 Å². The molecule has 0 aromatic carbocycles. The van der Waals surface area contributed by atoms with Crippen LogP contribution in [0.3, 0.4) is 0 Å². The van der Waals surface area contributed by atoms with Gasteiger partial charge in [-0.25, -0.2) is 0 Å². The first-order valence-corrected chi connectivity index (χ1v) is 6.15. The molecule has 0 fully saturated rings. The Balaban J connectivity index is 2.13. The van der Waals surface area contributed by atoms with Crippen molar-refractivity contribution in [2.45, 2.75) is 39.2 Å². The Labute approximate surface area is 106 Å². The zero-order valence-corrected chi connectivity index (χ0v) is 11.2. The molecule has 0 aliphatic carbocycles. The average molecular weight is 249 g/mol. The van der Waals surface area contributed by atoms with E-state index in [1.54, 1.807) is 0 Å². The number of hydrogen-bond donors (Lipinski definition) is 2. The first-order valence-electron chi connectivity index (χ1n) is 6.15. The largest absolute Gasteiger partial charge is 0.332 e.